The molecule has 208 valence electrons. The molecule has 1 atom stereocenters. The summed E-state index contributed by atoms with van der Waals surface area (Å²) in [5, 5.41) is 3.93. The number of likely N-dealkylation sites (tertiary alicyclic amines) is 1. The van der Waals surface area contributed by atoms with E-state index in [1.807, 2.05) is 32.9 Å². The lowest BCUT2D eigenvalue weighted by molar-refractivity contribution is 0.0186. The van der Waals surface area contributed by atoms with Crippen molar-refractivity contribution in [1.82, 2.24) is 14.9 Å². The van der Waals surface area contributed by atoms with Crippen LogP contribution in [0.15, 0.2) is 36.7 Å². The molecule has 1 aliphatic heterocycles. The molecule has 1 aliphatic carbocycles. The first-order chi connectivity index (χ1) is 18.7. The SMILES string of the molecule is CC(C)(C)OC(=O)N1CCC[C@H]1COc1cc2c(Nc3ccc(F)c(Cl)c3)ncnc2cc1OC1CCCC1. The maximum atomic E-state index is 13.7. The van der Waals surface area contributed by atoms with E-state index < -0.39 is 11.4 Å². The zero-order chi connectivity index (χ0) is 27.6. The van der Waals surface area contributed by atoms with Gasteiger partial charge in [0.15, 0.2) is 11.5 Å². The highest BCUT2D eigenvalue weighted by Gasteiger charge is 2.33. The Bertz CT molecular complexity index is 1340. The van der Waals surface area contributed by atoms with Crippen molar-refractivity contribution in [2.75, 3.05) is 18.5 Å². The summed E-state index contributed by atoms with van der Waals surface area (Å²) in [7, 11) is 0. The quantitative estimate of drug-likeness (QED) is 0.327. The minimum absolute atomic E-state index is 0.0146. The molecule has 0 radical (unpaired) electrons. The number of nitrogens with one attached hydrogen (secondary N) is 1. The molecule has 5 rings (SSSR count). The molecule has 1 aromatic heterocycles. The van der Waals surface area contributed by atoms with Gasteiger partial charge in [-0.15, -0.1) is 0 Å². The number of nitrogens with zero attached hydrogens (tertiary/aromatic N) is 3. The number of aromatic nitrogens is 2. The van der Waals surface area contributed by atoms with Crippen LogP contribution in [0, 0.1) is 5.82 Å². The van der Waals surface area contributed by atoms with Gasteiger partial charge in [-0.05, 0) is 83.6 Å². The summed E-state index contributed by atoms with van der Waals surface area (Å²) in [6, 6.07) is 8.02. The third kappa shape index (κ3) is 6.64. The zero-order valence-electron chi connectivity index (χ0n) is 22.5. The number of carbonyl (C=O) groups excluding carboxylic acids is 1. The van der Waals surface area contributed by atoms with E-state index in [0.29, 0.717) is 47.1 Å². The van der Waals surface area contributed by atoms with E-state index in [1.165, 1.54) is 18.5 Å². The zero-order valence-corrected chi connectivity index (χ0v) is 23.3. The number of ether oxygens (including phenoxy) is 3. The van der Waals surface area contributed by atoms with Gasteiger partial charge in [-0.2, -0.15) is 0 Å². The molecular formula is C29H34ClFN4O4. The number of carbonyl (C=O) groups is 1. The fourth-order valence-electron chi connectivity index (χ4n) is 5.02. The van der Waals surface area contributed by atoms with Crippen molar-refractivity contribution in [3.63, 3.8) is 0 Å². The predicted molar refractivity (Wildman–Crippen MR) is 149 cm³/mol. The summed E-state index contributed by atoms with van der Waals surface area (Å²) in [6.07, 6.45) is 7.24. The predicted octanol–water partition coefficient (Wildman–Crippen LogP) is 7.27. The van der Waals surface area contributed by atoms with Gasteiger partial charge in [-0.3, -0.25) is 0 Å². The summed E-state index contributed by atoms with van der Waals surface area (Å²) in [5.74, 6) is 1.20. The minimum atomic E-state index is -0.566. The molecule has 2 fully saturated rings. The van der Waals surface area contributed by atoms with Gasteiger partial charge >= 0.3 is 6.09 Å². The summed E-state index contributed by atoms with van der Waals surface area (Å²) in [4.78, 5) is 23.4. The molecule has 8 nitrogen and oxygen atoms in total. The number of hydrogen-bond donors (Lipinski definition) is 1. The number of fused-ring (bicyclic) bond motifs is 1. The van der Waals surface area contributed by atoms with Crippen LogP contribution >= 0.6 is 11.6 Å². The summed E-state index contributed by atoms with van der Waals surface area (Å²) in [5.41, 5.74) is 0.704. The van der Waals surface area contributed by atoms with Gasteiger partial charge in [0.2, 0.25) is 0 Å². The van der Waals surface area contributed by atoms with E-state index in [1.54, 1.807) is 11.0 Å². The van der Waals surface area contributed by atoms with E-state index in [-0.39, 0.29) is 23.3 Å². The number of amides is 1. The molecule has 39 heavy (non-hydrogen) atoms. The van der Waals surface area contributed by atoms with Crippen LogP contribution in [-0.4, -0.2) is 51.9 Å². The Balaban J connectivity index is 1.42. The molecule has 2 aliphatic rings. The summed E-state index contributed by atoms with van der Waals surface area (Å²) >= 11 is 5.98. The molecule has 2 aromatic carbocycles. The molecule has 1 saturated carbocycles. The topological polar surface area (TPSA) is 85.8 Å². The van der Waals surface area contributed by atoms with E-state index in [9.17, 15) is 9.18 Å². The number of hydrogen-bond acceptors (Lipinski definition) is 7. The molecule has 10 heteroatoms. The fourth-order valence-corrected chi connectivity index (χ4v) is 5.20. The van der Waals surface area contributed by atoms with Crippen LogP contribution in [0.25, 0.3) is 10.9 Å². The second kappa shape index (κ2) is 11.4. The Morgan fingerprint density at radius 3 is 2.64 bits per heavy atom. The highest BCUT2D eigenvalue weighted by atomic mass is 35.5. The number of halogens is 2. The summed E-state index contributed by atoms with van der Waals surface area (Å²) < 4.78 is 32.0. The third-order valence-electron chi connectivity index (χ3n) is 6.92. The Hall–Kier alpha value is -3.33. The third-order valence-corrected chi connectivity index (χ3v) is 7.21. The molecule has 0 bridgehead atoms. The number of rotatable bonds is 7. The van der Waals surface area contributed by atoms with Crippen LogP contribution in [0.4, 0.5) is 20.7 Å². The second-order valence-corrected chi connectivity index (χ2v) is 11.5. The van der Waals surface area contributed by atoms with Crippen molar-refractivity contribution in [1.29, 1.82) is 0 Å². The van der Waals surface area contributed by atoms with Gasteiger partial charge in [0, 0.05) is 23.7 Å². The van der Waals surface area contributed by atoms with Gasteiger partial charge in [0.25, 0.3) is 0 Å². The van der Waals surface area contributed by atoms with Crippen molar-refractivity contribution in [2.24, 2.45) is 0 Å². The Morgan fingerprint density at radius 1 is 1.10 bits per heavy atom. The van der Waals surface area contributed by atoms with Gasteiger partial charge in [0.1, 0.15) is 30.2 Å². The highest BCUT2D eigenvalue weighted by molar-refractivity contribution is 6.31. The fraction of sp³-hybridized carbons (Fsp3) is 0.483. The first-order valence-electron chi connectivity index (χ1n) is 13.5. The Morgan fingerprint density at radius 2 is 1.90 bits per heavy atom. The normalized spacial score (nSPS) is 18.0. The Kier molecular flexibility index (Phi) is 7.98. The molecule has 1 saturated heterocycles. The van der Waals surface area contributed by atoms with Crippen LogP contribution in [0.2, 0.25) is 5.02 Å². The molecule has 2 heterocycles. The van der Waals surface area contributed by atoms with Gasteiger partial charge in [-0.25, -0.2) is 19.2 Å². The molecule has 1 N–H and O–H groups in total. The van der Waals surface area contributed by atoms with Crippen LogP contribution in [0.5, 0.6) is 11.5 Å². The molecule has 0 unspecified atom stereocenters. The van der Waals surface area contributed by atoms with E-state index in [4.69, 9.17) is 25.8 Å². The smallest absolute Gasteiger partial charge is 0.410 e. The van der Waals surface area contributed by atoms with Crippen molar-refractivity contribution in [3.05, 3.63) is 47.5 Å². The highest BCUT2D eigenvalue weighted by Crippen LogP contribution is 2.38. The van der Waals surface area contributed by atoms with Gasteiger partial charge in [-0.1, -0.05) is 11.6 Å². The average molecular weight is 557 g/mol. The lowest BCUT2D eigenvalue weighted by atomic mass is 10.2. The van der Waals surface area contributed by atoms with Crippen LogP contribution < -0.4 is 14.8 Å². The molecule has 1 amide bonds. The summed E-state index contributed by atoms with van der Waals surface area (Å²) in [6.45, 7) is 6.52. The van der Waals surface area contributed by atoms with Gasteiger partial charge < -0.3 is 24.4 Å². The maximum absolute atomic E-state index is 13.7. The van der Waals surface area contributed by atoms with E-state index in [0.717, 1.165) is 38.5 Å². The average Bonchev–Trinajstić information content (AvgIpc) is 3.56. The number of benzene rings is 2. The van der Waals surface area contributed by atoms with E-state index in [2.05, 4.69) is 15.3 Å². The monoisotopic (exact) mass is 556 g/mol. The first kappa shape index (κ1) is 27.2. The van der Waals surface area contributed by atoms with E-state index >= 15 is 0 Å². The lowest BCUT2D eigenvalue weighted by Gasteiger charge is -2.28. The minimum Gasteiger partial charge on any atom is -0.488 e. The van der Waals surface area contributed by atoms with Crippen LogP contribution in [-0.2, 0) is 4.74 Å². The molecule has 0 spiro atoms. The van der Waals surface area contributed by atoms with Crippen molar-refractivity contribution in [2.45, 2.75) is 77.0 Å². The largest absolute Gasteiger partial charge is 0.488 e. The lowest BCUT2D eigenvalue weighted by Crippen LogP contribution is -2.42. The first-order valence-corrected chi connectivity index (χ1v) is 13.8. The molecular weight excluding hydrogens is 523 g/mol. The van der Waals surface area contributed by atoms with Gasteiger partial charge in [0.05, 0.1) is 22.7 Å². The van der Waals surface area contributed by atoms with Crippen molar-refractivity contribution in [3.8, 4) is 11.5 Å². The second-order valence-electron chi connectivity index (χ2n) is 11.1. The standard InChI is InChI=1S/C29H34ClFN4O4/c1-29(2,3)39-28(36)35-12-6-7-19(35)16-37-25-14-21-24(15-26(25)38-20-8-4-5-9-20)32-17-33-27(21)34-18-10-11-23(31)22(30)13-18/h10-11,13-15,17,19-20H,4-9,12,16H2,1-3H3,(H,32,33,34)/t19-/m0/s1. The van der Waals surface area contributed by atoms with Crippen molar-refractivity contribution >= 4 is 40.1 Å². The van der Waals surface area contributed by atoms with Crippen LogP contribution in [0.1, 0.15) is 59.3 Å². The molecule has 3 aromatic rings. The van der Waals surface area contributed by atoms with Crippen LogP contribution in [0.3, 0.4) is 0 Å². The Labute approximate surface area is 232 Å². The number of anilines is 2. The van der Waals surface area contributed by atoms with Crippen molar-refractivity contribution < 1.29 is 23.4 Å². The maximum Gasteiger partial charge on any atom is 0.410 e.